The Bertz CT molecular complexity index is 554. The summed E-state index contributed by atoms with van der Waals surface area (Å²) in [5.41, 5.74) is 5.64. The van der Waals surface area contributed by atoms with E-state index in [1.807, 2.05) is 12.1 Å². The zero-order chi connectivity index (χ0) is 13.0. The van der Waals surface area contributed by atoms with Crippen molar-refractivity contribution in [3.8, 4) is 11.6 Å². The molecular weight excluding hydrogens is 300 g/mol. The zero-order valence-electron chi connectivity index (χ0n) is 9.12. The Balaban J connectivity index is 2.13. The normalized spacial score (nSPS) is 11.3. The third kappa shape index (κ3) is 2.95. The molecule has 1 heterocycles. The first-order chi connectivity index (χ1) is 8.69. The van der Waals surface area contributed by atoms with Gasteiger partial charge in [-0.3, -0.25) is 0 Å². The lowest BCUT2D eigenvalue weighted by molar-refractivity contribution is 0.318. The summed E-state index contributed by atoms with van der Waals surface area (Å²) in [4.78, 5) is 7.95. The smallest absolute Gasteiger partial charge is 0.237 e. The van der Waals surface area contributed by atoms with Gasteiger partial charge in [0.15, 0.2) is 5.84 Å². The molecule has 3 N–H and O–H groups in total. The van der Waals surface area contributed by atoms with E-state index in [2.05, 4.69) is 31.1 Å². The van der Waals surface area contributed by atoms with E-state index >= 15 is 0 Å². The second-order valence-corrected chi connectivity index (χ2v) is 4.20. The summed E-state index contributed by atoms with van der Waals surface area (Å²) in [6, 6.07) is 7.30. The molecule has 6 nitrogen and oxygen atoms in total. The Labute approximate surface area is 111 Å². The first kappa shape index (κ1) is 12.3. The van der Waals surface area contributed by atoms with E-state index in [1.54, 1.807) is 12.1 Å². The van der Waals surface area contributed by atoms with Crippen LogP contribution in [0.25, 0.3) is 0 Å². The minimum absolute atomic E-state index is 0.0994. The molecule has 2 rings (SSSR count). The maximum Gasteiger partial charge on any atom is 0.237 e. The number of rotatable bonds is 3. The highest BCUT2D eigenvalue weighted by molar-refractivity contribution is 9.10. The molecule has 1 aromatic carbocycles. The molecule has 0 saturated heterocycles. The van der Waals surface area contributed by atoms with E-state index in [1.165, 1.54) is 12.4 Å². The zero-order valence-corrected chi connectivity index (χ0v) is 10.7. The van der Waals surface area contributed by atoms with E-state index in [0.717, 1.165) is 4.47 Å². The van der Waals surface area contributed by atoms with Gasteiger partial charge in [0.25, 0.3) is 0 Å². The maximum atomic E-state index is 8.48. The van der Waals surface area contributed by atoms with Crippen LogP contribution in [0.3, 0.4) is 0 Å². The summed E-state index contributed by atoms with van der Waals surface area (Å²) in [7, 11) is 0. The molecule has 0 bridgehead atoms. The largest absolute Gasteiger partial charge is 0.438 e. The second kappa shape index (κ2) is 5.46. The molecule has 0 atom stereocenters. The van der Waals surface area contributed by atoms with Gasteiger partial charge >= 0.3 is 0 Å². The number of aromatic nitrogens is 2. The van der Waals surface area contributed by atoms with Crippen LogP contribution >= 0.6 is 15.9 Å². The van der Waals surface area contributed by atoms with Crippen molar-refractivity contribution in [2.45, 2.75) is 0 Å². The van der Waals surface area contributed by atoms with Gasteiger partial charge in [-0.15, -0.1) is 0 Å². The van der Waals surface area contributed by atoms with Crippen molar-refractivity contribution in [3.05, 3.63) is 46.8 Å². The fraction of sp³-hybridized carbons (Fsp3) is 0. The molecular formula is C11H9BrN4O2. The number of nitrogens with two attached hydrogens (primary N) is 1. The van der Waals surface area contributed by atoms with Gasteiger partial charge in [0.1, 0.15) is 11.4 Å². The van der Waals surface area contributed by atoms with E-state index in [9.17, 15) is 0 Å². The standard InChI is InChI=1S/C11H9BrN4O2/c12-7-1-3-8(4-2-7)18-10-6-14-9(5-15-10)11(13)16-17/h1-6,17H,(H2,13,16). The lowest BCUT2D eigenvalue weighted by Crippen LogP contribution is -2.15. The maximum absolute atomic E-state index is 8.48. The number of halogens is 1. The average molecular weight is 309 g/mol. The number of ether oxygens (including phenoxy) is 1. The van der Waals surface area contributed by atoms with Crippen LogP contribution in [0.5, 0.6) is 11.6 Å². The molecule has 0 fully saturated rings. The second-order valence-electron chi connectivity index (χ2n) is 3.28. The van der Waals surface area contributed by atoms with Gasteiger partial charge in [0.05, 0.1) is 12.4 Å². The van der Waals surface area contributed by atoms with Crippen LogP contribution in [-0.4, -0.2) is 21.0 Å². The van der Waals surface area contributed by atoms with Crippen molar-refractivity contribution in [2.75, 3.05) is 0 Å². The molecule has 0 amide bonds. The number of hydrogen-bond acceptors (Lipinski definition) is 5. The summed E-state index contributed by atoms with van der Waals surface area (Å²) in [6.45, 7) is 0. The molecule has 0 saturated carbocycles. The number of nitrogens with zero attached hydrogens (tertiary/aromatic N) is 3. The van der Waals surface area contributed by atoms with Gasteiger partial charge in [-0.05, 0) is 24.3 Å². The van der Waals surface area contributed by atoms with Crippen LogP contribution in [-0.2, 0) is 0 Å². The lowest BCUT2D eigenvalue weighted by atomic mass is 10.3. The van der Waals surface area contributed by atoms with Crippen molar-refractivity contribution >= 4 is 21.8 Å². The molecule has 0 unspecified atom stereocenters. The van der Waals surface area contributed by atoms with E-state index in [0.29, 0.717) is 11.6 Å². The van der Waals surface area contributed by atoms with Gasteiger partial charge in [0.2, 0.25) is 5.88 Å². The van der Waals surface area contributed by atoms with Crippen LogP contribution in [0.15, 0.2) is 46.3 Å². The fourth-order valence-electron chi connectivity index (χ4n) is 1.18. The lowest BCUT2D eigenvalue weighted by Gasteiger charge is -2.04. The first-order valence-electron chi connectivity index (χ1n) is 4.92. The Morgan fingerprint density at radius 1 is 1.22 bits per heavy atom. The van der Waals surface area contributed by atoms with Crippen LogP contribution < -0.4 is 10.5 Å². The Hall–Kier alpha value is -2.15. The van der Waals surface area contributed by atoms with Crippen LogP contribution in [0.4, 0.5) is 0 Å². The van der Waals surface area contributed by atoms with Crippen molar-refractivity contribution in [1.82, 2.24) is 9.97 Å². The van der Waals surface area contributed by atoms with Crippen molar-refractivity contribution in [3.63, 3.8) is 0 Å². The summed E-state index contributed by atoms with van der Waals surface area (Å²) >= 11 is 3.33. The molecule has 2 aromatic rings. The molecule has 0 spiro atoms. The Morgan fingerprint density at radius 3 is 2.50 bits per heavy atom. The quantitative estimate of drug-likeness (QED) is 0.392. The van der Waals surface area contributed by atoms with Gasteiger partial charge < -0.3 is 15.7 Å². The van der Waals surface area contributed by atoms with Crippen LogP contribution in [0, 0.1) is 0 Å². The molecule has 7 heteroatoms. The first-order valence-corrected chi connectivity index (χ1v) is 5.71. The van der Waals surface area contributed by atoms with Gasteiger partial charge in [-0.25, -0.2) is 9.97 Å². The summed E-state index contributed by atoms with van der Waals surface area (Å²) in [5.74, 6) is 0.869. The van der Waals surface area contributed by atoms with Crippen LogP contribution in [0.1, 0.15) is 5.69 Å². The topological polar surface area (TPSA) is 93.6 Å². The number of amidine groups is 1. The highest BCUT2D eigenvalue weighted by Crippen LogP contribution is 2.20. The average Bonchev–Trinajstić information content (AvgIpc) is 2.41. The molecule has 0 aliphatic rings. The predicted molar refractivity (Wildman–Crippen MR) is 68.8 cm³/mol. The number of benzene rings is 1. The minimum Gasteiger partial charge on any atom is -0.438 e. The number of hydrogen-bond donors (Lipinski definition) is 2. The SMILES string of the molecule is NC(=NO)c1cnc(Oc2ccc(Br)cc2)cn1. The van der Waals surface area contributed by atoms with Gasteiger partial charge in [0, 0.05) is 4.47 Å². The molecule has 18 heavy (non-hydrogen) atoms. The molecule has 0 radical (unpaired) electrons. The molecule has 0 aliphatic carbocycles. The van der Waals surface area contributed by atoms with Crippen LogP contribution in [0.2, 0.25) is 0 Å². The van der Waals surface area contributed by atoms with Crippen molar-refractivity contribution < 1.29 is 9.94 Å². The number of oxime groups is 1. The van der Waals surface area contributed by atoms with Crippen molar-refractivity contribution in [2.24, 2.45) is 10.9 Å². The predicted octanol–water partition coefficient (Wildman–Crippen LogP) is 2.13. The summed E-state index contributed by atoms with van der Waals surface area (Å²) in [6.07, 6.45) is 2.76. The Kier molecular flexibility index (Phi) is 3.73. The van der Waals surface area contributed by atoms with E-state index in [-0.39, 0.29) is 11.5 Å². The highest BCUT2D eigenvalue weighted by atomic mass is 79.9. The van der Waals surface area contributed by atoms with E-state index < -0.39 is 0 Å². The van der Waals surface area contributed by atoms with Gasteiger partial charge in [-0.1, -0.05) is 21.1 Å². The third-order valence-corrected chi connectivity index (χ3v) is 2.56. The van der Waals surface area contributed by atoms with Gasteiger partial charge in [-0.2, -0.15) is 0 Å². The fourth-order valence-corrected chi connectivity index (χ4v) is 1.44. The third-order valence-electron chi connectivity index (χ3n) is 2.03. The molecule has 0 aliphatic heterocycles. The monoisotopic (exact) mass is 308 g/mol. The minimum atomic E-state index is -0.0994. The molecule has 1 aromatic heterocycles. The molecule has 92 valence electrons. The Morgan fingerprint density at radius 2 is 1.94 bits per heavy atom. The summed E-state index contributed by atoms with van der Waals surface area (Å²) in [5, 5.41) is 11.3. The van der Waals surface area contributed by atoms with E-state index in [4.69, 9.17) is 15.7 Å². The summed E-state index contributed by atoms with van der Waals surface area (Å²) < 4.78 is 6.43. The van der Waals surface area contributed by atoms with Crippen molar-refractivity contribution in [1.29, 1.82) is 0 Å². The highest BCUT2D eigenvalue weighted by Gasteiger charge is 2.03.